The van der Waals surface area contributed by atoms with Crippen molar-refractivity contribution in [1.29, 1.82) is 0 Å². The summed E-state index contributed by atoms with van der Waals surface area (Å²) in [6.07, 6.45) is 0. The molecule has 0 aromatic rings. The number of hydrogen-bond acceptors (Lipinski definition) is 4. The fourth-order valence-electron chi connectivity index (χ4n) is 0. The third kappa shape index (κ3) is 974. The summed E-state index contributed by atoms with van der Waals surface area (Å²) in [4.78, 5) is 0. The minimum atomic E-state index is -2.69. The molecule has 0 N–H and O–H groups in total. The van der Waals surface area contributed by atoms with E-state index in [0.717, 1.165) is 8.97 Å². The first-order valence-electron chi connectivity index (χ1n) is 4.24. The molecular weight excluding hydrogens is 348 g/mol. The monoisotopic (exact) mass is 374 g/mol. The van der Waals surface area contributed by atoms with Gasteiger partial charge in [0.1, 0.15) is 0 Å². The molecule has 0 aliphatic heterocycles. The van der Waals surface area contributed by atoms with Crippen LogP contribution in [0.4, 0.5) is 0 Å². The zero-order chi connectivity index (χ0) is 13.5. The fourth-order valence-corrected chi connectivity index (χ4v) is 0. The van der Waals surface area contributed by atoms with Crippen LogP contribution in [0.25, 0.3) is 0 Å². The third-order valence-electron chi connectivity index (χ3n) is 0. The molecule has 0 aromatic heterocycles. The van der Waals surface area contributed by atoms with Gasteiger partial charge in [-0.15, -0.1) is 0 Å². The molecule has 0 aromatic carbocycles. The van der Waals surface area contributed by atoms with E-state index in [-0.39, 0.29) is 0 Å². The maximum absolute atomic E-state index is 4.46. The molecule has 0 saturated carbocycles. The van der Waals surface area contributed by atoms with Gasteiger partial charge < -0.3 is 8.97 Å². The van der Waals surface area contributed by atoms with Gasteiger partial charge in [0.15, 0.2) is 0 Å². The molecule has 0 saturated heterocycles. The summed E-state index contributed by atoms with van der Waals surface area (Å²) in [7, 11) is 32.2. The fraction of sp³-hybridized carbons (Fsp3) is 1.00. The van der Waals surface area contributed by atoms with Gasteiger partial charge in [-0.05, 0) is 0 Å². The van der Waals surface area contributed by atoms with E-state index in [0.29, 0.717) is 0 Å². The van der Waals surface area contributed by atoms with E-state index in [1.54, 1.807) is 0 Å². The van der Waals surface area contributed by atoms with Gasteiger partial charge in [-0.25, -0.2) is 0 Å². The Labute approximate surface area is 115 Å². The van der Waals surface area contributed by atoms with Crippen LogP contribution in [-0.4, -0.2) is 65.3 Å². The molecule has 0 aliphatic carbocycles. The van der Waals surface area contributed by atoms with Gasteiger partial charge in [-0.1, -0.05) is 0 Å². The second-order valence-corrected chi connectivity index (χ2v) is 27.1. The van der Waals surface area contributed by atoms with E-state index < -0.39 is 9.86 Å². The summed E-state index contributed by atoms with van der Waals surface area (Å²) in [5.41, 5.74) is 0. The van der Waals surface area contributed by atoms with Crippen LogP contribution in [-0.2, 0) is 30.5 Å². The molecule has 96 valence electrons. The summed E-state index contributed by atoms with van der Waals surface area (Å²) in [6.45, 7) is 0. The summed E-state index contributed by atoms with van der Waals surface area (Å²) in [5, 5.41) is 0. The number of quaternary nitrogens is 2. The molecule has 2 nitrogen and oxygen atoms in total. The van der Waals surface area contributed by atoms with Crippen LogP contribution in [0.3, 0.4) is 0 Å². The molecule has 0 radical (unpaired) electrons. The second-order valence-electron chi connectivity index (χ2n) is 5.77. The predicted molar refractivity (Wildman–Crippen MR) is 77.8 cm³/mol. The average molecular weight is 373 g/mol. The van der Waals surface area contributed by atoms with Crippen LogP contribution in [0.5, 0.6) is 0 Å². The Morgan fingerprint density at radius 1 is 0.667 bits per heavy atom. The molecule has 0 unspecified atom stereocenters. The van der Waals surface area contributed by atoms with Crippen LogP contribution in [0, 0.1) is 0 Å². The van der Waals surface area contributed by atoms with E-state index in [9.17, 15) is 0 Å². The normalized spacial score (nSPS) is 11.9. The zero-order valence-electron chi connectivity index (χ0n) is 10.9. The van der Waals surface area contributed by atoms with Gasteiger partial charge in [0.05, 0.1) is 56.4 Å². The maximum atomic E-state index is 4.46. The van der Waals surface area contributed by atoms with Crippen molar-refractivity contribution in [3.8, 4) is 0 Å². The molecule has 0 heterocycles. The van der Waals surface area contributed by atoms with E-state index >= 15 is 0 Å². The van der Waals surface area contributed by atoms with E-state index in [2.05, 4.69) is 96.7 Å². The van der Waals surface area contributed by atoms with E-state index in [4.69, 9.17) is 0 Å². The van der Waals surface area contributed by atoms with Gasteiger partial charge in [-0.2, -0.15) is 0 Å². The Kier molecular flexibility index (Phi) is 12.9. The molecule has 7 heteroatoms. The Bertz CT molecular complexity index is 204. The van der Waals surface area contributed by atoms with E-state index in [1.165, 1.54) is 0 Å². The molecular formula is C8H24MoN2S4. The number of hydrogen-bond donors (Lipinski definition) is 0. The molecule has 0 amide bonds. The van der Waals surface area contributed by atoms with Crippen LogP contribution in [0.1, 0.15) is 0 Å². The van der Waals surface area contributed by atoms with Crippen molar-refractivity contribution < 1.29 is 18.8 Å². The van der Waals surface area contributed by atoms with Crippen LogP contribution in [0.15, 0.2) is 0 Å². The Hall–Kier alpha value is 1.75. The van der Waals surface area contributed by atoms with Crippen LogP contribution >= 0.6 is 19.6 Å². The van der Waals surface area contributed by atoms with Crippen molar-refractivity contribution in [2.75, 3.05) is 56.4 Å². The summed E-state index contributed by atoms with van der Waals surface area (Å²) in [6, 6.07) is 0. The van der Waals surface area contributed by atoms with Crippen LogP contribution in [0.2, 0.25) is 0 Å². The van der Waals surface area contributed by atoms with Gasteiger partial charge >= 0.3 is 50.2 Å². The van der Waals surface area contributed by atoms with Gasteiger partial charge in [0.25, 0.3) is 0 Å². The Balaban J connectivity index is -0.000000144. The SMILES string of the molecule is C[N+](C)(C)C.C[N+](C)(C)C.[S]=[Mo](=[S])([S-])[S-]. The van der Waals surface area contributed by atoms with Gasteiger partial charge in [0.2, 0.25) is 0 Å². The minimum absolute atomic E-state index is 1.00. The summed E-state index contributed by atoms with van der Waals surface area (Å²) >= 11 is 0. The Morgan fingerprint density at radius 3 is 0.667 bits per heavy atom. The summed E-state index contributed by atoms with van der Waals surface area (Å²) < 4.78 is 2.00. The molecule has 15 heavy (non-hydrogen) atoms. The molecule has 0 fully saturated rings. The molecule has 0 atom stereocenters. The number of rotatable bonds is 0. The Morgan fingerprint density at radius 2 is 0.667 bits per heavy atom. The number of nitrogens with zero attached hydrogens (tertiary/aromatic N) is 2. The zero-order valence-corrected chi connectivity index (χ0v) is 16.2. The van der Waals surface area contributed by atoms with Crippen molar-refractivity contribution in [1.82, 2.24) is 0 Å². The predicted octanol–water partition coefficient (Wildman–Crippen LogP) is 1.93. The third-order valence-corrected chi connectivity index (χ3v) is 0. The molecule has 0 bridgehead atoms. The second kappa shape index (κ2) is 8.78. The first-order valence-corrected chi connectivity index (χ1v) is 15.4. The standard InChI is InChI=1S/2C4H12N.Mo.4S/c2*1-5(2,3)4;;;;;/h2*1-4H3;;;;;/q2*+1;;;;2*-1. The van der Waals surface area contributed by atoms with Crippen molar-refractivity contribution in [3.63, 3.8) is 0 Å². The van der Waals surface area contributed by atoms with E-state index in [1.807, 2.05) is 0 Å². The van der Waals surface area contributed by atoms with Gasteiger partial charge in [0, 0.05) is 0 Å². The quantitative estimate of drug-likeness (QED) is 0.362. The molecule has 0 aliphatic rings. The van der Waals surface area contributed by atoms with Crippen molar-refractivity contribution in [2.45, 2.75) is 0 Å². The van der Waals surface area contributed by atoms with Crippen LogP contribution < -0.4 is 0 Å². The summed E-state index contributed by atoms with van der Waals surface area (Å²) in [5.74, 6) is 0. The van der Waals surface area contributed by atoms with Crippen molar-refractivity contribution in [2.24, 2.45) is 0 Å². The topological polar surface area (TPSA) is 0 Å². The first-order chi connectivity index (χ1) is 6.00. The first kappa shape index (κ1) is 22.0. The average Bonchev–Trinajstić information content (AvgIpc) is 1.41. The van der Waals surface area contributed by atoms with Crippen molar-refractivity contribution in [3.05, 3.63) is 0 Å². The van der Waals surface area contributed by atoms with Crippen molar-refractivity contribution >= 4 is 40.3 Å². The molecule has 0 spiro atoms. The molecule has 0 rings (SSSR count). The van der Waals surface area contributed by atoms with Gasteiger partial charge in [-0.3, -0.25) is 0 Å².